The van der Waals surface area contributed by atoms with Crippen LogP contribution in [0.15, 0.2) is 47.4 Å². The number of alkyl halides is 5. The van der Waals surface area contributed by atoms with E-state index in [-0.39, 0.29) is 35.7 Å². The highest BCUT2D eigenvalue weighted by Gasteiger charge is 2.57. The smallest absolute Gasteiger partial charge is 0.434 e. The SMILES string of the molecule is COc1ccn2c(=O)c(-c3ccc(OC[C@@H]4CC4(F)F)cc3)c(C(F)(F)F)nc2c1. The lowest BCUT2D eigenvalue weighted by Crippen LogP contribution is -2.24. The third-order valence-corrected chi connectivity index (χ3v) is 4.86. The van der Waals surface area contributed by atoms with E-state index in [2.05, 4.69) is 4.98 Å². The summed E-state index contributed by atoms with van der Waals surface area (Å²) < 4.78 is 78.0. The van der Waals surface area contributed by atoms with E-state index in [0.29, 0.717) is 0 Å². The third-order valence-electron chi connectivity index (χ3n) is 4.86. The van der Waals surface area contributed by atoms with Gasteiger partial charge in [0.05, 0.1) is 25.2 Å². The van der Waals surface area contributed by atoms with E-state index in [1.807, 2.05) is 0 Å². The lowest BCUT2D eigenvalue weighted by molar-refractivity contribution is -0.140. The molecule has 0 amide bonds. The van der Waals surface area contributed by atoms with E-state index < -0.39 is 34.8 Å². The normalized spacial score (nSPS) is 17.7. The summed E-state index contributed by atoms with van der Waals surface area (Å²) >= 11 is 0. The molecule has 1 aliphatic rings. The average Bonchev–Trinajstić information content (AvgIpc) is 3.32. The van der Waals surface area contributed by atoms with Gasteiger partial charge in [-0.05, 0) is 23.8 Å². The maximum Gasteiger partial charge on any atom is 0.434 e. The number of rotatable bonds is 5. The van der Waals surface area contributed by atoms with Gasteiger partial charge >= 0.3 is 6.18 Å². The molecule has 0 spiro atoms. The summed E-state index contributed by atoms with van der Waals surface area (Å²) in [6.45, 7) is -0.192. The average molecular weight is 426 g/mol. The number of benzene rings is 1. The van der Waals surface area contributed by atoms with Gasteiger partial charge in [-0.3, -0.25) is 9.20 Å². The van der Waals surface area contributed by atoms with Crippen molar-refractivity contribution in [3.63, 3.8) is 0 Å². The molecule has 30 heavy (non-hydrogen) atoms. The van der Waals surface area contributed by atoms with Crippen LogP contribution in [0.4, 0.5) is 22.0 Å². The summed E-state index contributed by atoms with van der Waals surface area (Å²) in [6, 6.07) is 7.85. The molecule has 5 nitrogen and oxygen atoms in total. The van der Waals surface area contributed by atoms with Crippen molar-refractivity contribution in [3.8, 4) is 22.6 Å². The van der Waals surface area contributed by atoms with E-state index in [1.165, 1.54) is 49.7 Å². The summed E-state index contributed by atoms with van der Waals surface area (Å²) in [7, 11) is 1.34. The number of ether oxygens (including phenoxy) is 2. The van der Waals surface area contributed by atoms with Gasteiger partial charge in [-0.15, -0.1) is 0 Å². The molecule has 2 aromatic heterocycles. The summed E-state index contributed by atoms with van der Waals surface area (Å²) in [5.74, 6) is -3.12. The van der Waals surface area contributed by atoms with Gasteiger partial charge in [0.2, 0.25) is 0 Å². The Morgan fingerprint density at radius 3 is 2.40 bits per heavy atom. The molecule has 0 bridgehead atoms. The molecular formula is C20H15F5N2O3. The summed E-state index contributed by atoms with van der Waals surface area (Å²) in [6.07, 6.45) is -3.84. The van der Waals surface area contributed by atoms with E-state index in [9.17, 15) is 26.7 Å². The number of methoxy groups -OCH3 is 1. The zero-order valence-electron chi connectivity index (χ0n) is 15.5. The van der Waals surface area contributed by atoms with Crippen molar-refractivity contribution < 1.29 is 31.4 Å². The molecule has 1 aliphatic carbocycles. The molecule has 1 atom stereocenters. The quantitative estimate of drug-likeness (QED) is 0.567. The second-order valence-electron chi connectivity index (χ2n) is 6.93. The van der Waals surface area contributed by atoms with Gasteiger partial charge in [0.1, 0.15) is 17.1 Å². The molecule has 1 saturated carbocycles. The topological polar surface area (TPSA) is 52.8 Å². The minimum absolute atomic E-state index is 0.0193. The molecule has 158 valence electrons. The molecule has 2 heterocycles. The highest BCUT2D eigenvalue weighted by atomic mass is 19.4. The Morgan fingerprint density at radius 1 is 1.17 bits per heavy atom. The molecule has 0 unspecified atom stereocenters. The van der Waals surface area contributed by atoms with Gasteiger partial charge in [-0.25, -0.2) is 13.8 Å². The largest absolute Gasteiger partial charge is 0.497 e. The second-order valence-corrected chi connectivity index (χ2v) is 6.93. The first kappa shape index (κ1) is 20.1. The number of halogens is 5. The van der Waals surface area contributed by atoms with E-state index >= 15 is 0 Å². The lowest BCUT2D eigenvalue weighted by atomic mass is 10.0. The Morgan fingerprint density at radius 2 is 1.83 bits per heavy atom. The Labute approximate surface area is 166 Å². The zero-order valence-corrected chi connectivity index (χ0v) is 15.5. The van der Waals surface area contributed by atoms with Gasteiger partial charge in [0, 0.05) is 18.7 Å². The molecule has 0 radical (unpaired) electrons. The van der Waals surface area contributed by atoms with Crippen LogP contribution in [0.2, 0.25) is 0 Å². The Balaban J connectivity index is 1.73. The Bertz CT molecular complexity index is 1160. The second kappa shape index (κ2) is 6.96. The first-order valence-corrected chi connectivity index (χ1v) is 8.89. The van der Waals surface area contributed by atoms with Crippen LogP contribution in [0.25, 0.3) is 16.8 Å². The van der Waals surface area contributed by atoms with E-state index in [4.69, 9.17) is 9.47 Å². The highest BCUT2D eigenvalue weighted by Crippen LogP contribution is 2.48. The fourth-order valence-electron chi connectivity index (χ4n) is 3.08. The first-order chi connectivity index (χ1) is 14.1. The van der Waals surface area contributed by atoms with Crippen molar-refractivity contribution in [3.05, 3.63) is 58.6 Å². The van der Waals surface area contributed by atoms with Gasteiger partial charge in [0.25, 0.3) is 11.5 Å². The first-order valence-electron chi connectivity index (χ1n) is 8.89. The van der Waals surface area contributed by atoms with Gasteiger partial charge in [-0.1, -0.05) is 12.1 Å². The highest BCUT2D eigenvalue weighted by molar-refractivity contribution is 5.68. The molecule has 0 saturated heterocycles. The molecule has 1 aromatic carbocycles. The molecule has 4 rings (SSSR count). The van der Waals surface area contributed by atoms with Crippen molar-refractivity contribution in [2.75, 3.05) is 13.7 Å². The molecular weight excluding hydrogens is 411 g/mol. The number of nitrogens with zero attached hydrogens (tertiary/aromatic N) is 2. The number of pyridine rings is 1. The molecule has 0 aliphatic heterocycles. The van der Waals surface area contributed by atoms with Gasteiger partial charge in [0.15, 0.2) is 5.69 Å². The number of aromatic nitrogens is 2. The molecule has 0 N–H and O–H groups in total. The molecule has 10 heteroatoms. The van der Waals surface area contributed by atoms with E-state index in [0.717, 1.165) is 4.40 Å². The lowest BCUT2D eigenvalue weighted by Gasteiger charge is -2.14. The fourth-order valence-corrected chi connectivity index (χ4v) is 3.08. The fraction of sp³-hybridized carbons (Fsp3) is 0.300. The van der Waals surface area contributed by atoms with Crippen LogP contribution in [-0.4, -0.2) is 29.0 Å². The predicted octanol–water partition coefficient (Wildman–Crippen LogP) is 4.42. The minimum Gasteiger partial charge on any atom is -0.497 e. The van der Waals surface area contributed by atoms with Crippen LogP contribution in [0.5, 0.6) is 11.5 Å². The maximum absolute atomic E-state index is 13.7. The standard InChI is InChI=1S/C20H15F5N2O3/c1-29-14-6-7-27-15(8-14)26-17(20(23,24)25)16(18(27)28)11-2-4-13(5-3-11)30-10-12-9-19(12,21)22/h2-8,12H,9-10H2,1H3/t12-/m0/s1. The van der Waals surface area contributed by atoms with Crippen molar-refractivity contribution in [2.45, 2.75) is 18.5 Å². The Hall–Kier alpha value is -3.17. The summed E-state index contributed by atoms with van der Waals surface area (Å²) in [5.41, 5.74) is -3.08. The van der Waals surface area contributed by atoms with Crippen LogP contribution >= 0.6 is 0 Å². The van der Waals surface area contributed by atoms with Gasteiger partial charge < -0.3 is 9.47 Å². The van der Waals surface area contributed by atoms with Crippen molar-refractivity contribution in [2.24, 2.45) is 5.92 Å². The monoisotopic (exact) mass is 426 g/mol. The van der Waals surface area contributed by atoms with Crippen LogP contribution in [0, 0.1) is 5.92 Å². The minimum atomic E-state index is -4.88. The van der Waals surface area contributed by atoms with E-state index in [1.54, 1.807) is 0 Å². The van der Waals surface area contributed by atoms with Crippen LogP contribution in [0.3, 0.4) is 0 Å². The molecule has 1 fully saturated rings. The van der Waals surface area contributed by atoms with Crippen molar-refractivity contribution in [1.29, 1.82) is 0 Å². The maximum atomic E-state index is 13.7. The number of hydrogen-bond donors (Lipinski definition) is 0. The Kier molecular flexibility index (Phi) is 4.67. The van der Waals surface area contributed by atoms with Gasteiger partial charge in [-0.2, -0.15) is 13.2 Å². The zero-order chi connectivity index (χ0) is 21.7. The number of fused-ring (bicyclic) bond motifs is 1. The van der Waals surface area contributed by atoms with Crippen LogP contribution < -0.4 is 15.0 Å². The van der Waals surface area contributed by atoms with Crippen LogP contribution in [0.1, 0.15) is 12.1 Å². The van der Waals surface area contributed by atoms with Crippen molar-refractivity contribution >= 4 is 5.65 Å². The van der Waals surface area contributed by atoms with Crippen molar-refractivity contribution in [1.82, 2.24) is 9.38 Å². The summed E-state index contributed by atoms with van der Waals surface area (Å²) in [5, 5.41) is 0. The molecule has 3 aromatic rings. The third kappa shape index (κ3) is 3.69. The van der Waals surface area contributed by atoms with Crippen LogP contribution in [-0.2, 0) is 6.18 Å². The predicted molar refractivity (Wildman–Crippen MR) is 97.0 cm³/mol. The number of hydrogen-bond acceptors (Lipinski definition) is 4. The summed E-state index contributed by atoms with van der Waals surface area (Å²) in [4.78, 5) is 16.5.